The van der Waals surface area contributed by atoms with Gasteiger partial charge < -0.3 is 4.98 Å². The van der Waals surface area contributed by atoms with Crippen LogP contribution in [0.3, 0.4) is 0 Å². The number of hydrogen-bond acceptors (Lipinski definition) is 2. The maximum atomic E-state index is 4.19. The summed E-state index contributed by atoms with van der Waals surface area (Å²) in [6.07, 6.45) is 6.06. The van der Waals surface area contributed by atoms with Crippen molar-refractivity contribution in [2.24, 2.45) is 0 Å². The molecule has 61 valence electrons. The molecule has 0 aliphatic carbocycles. The maximum absolute atomic E-state index is 4.19. The lowest BCUT2D eigenvalue weighted by atomic mass is 10.2. The molecule has 0 aliphatic heterocycles. The summed E-state index contributed by atoms with van der Waals surface area (Å²) in [5.41, 5.74) is 2.35. The zero-order chi connectivity index (χ0) is 8.10. The van der Waals surface area contributed by atoms with Crippen LogP contribution >= 0.6 is 11.8 Å². The van der Waals surface area contributed by atoms with Crippen molar-refractivity contribution in [1.29, 1.82) is 0 Å². The largest absolute Gasteiger partial charge is 0.348 e. The van der Waals surface area contributed by atoms with Crippen LogP contribution < -0.4 is 0 Å². The van der Waals surface area contributed by atoms with Gasteiger partial charge in [0.25, 0.3) is 0 Å². The van der Waals surface area contributed by atoms with Gasteiger partial charge >= 0.3 is 0 Å². The van der Waals surface area contributed by atoms with Crippen LogP contribution in [0.1, 0.15) is 24.7 Å². The minimum absolute atomic E-state index is 1.09. The van der Waals surface area contributed by atoms with E-state index in [1.165, 1.54) is 5.69 Å². The minimum atomic E-state index is 1.09. The summed E-state index contributed by atoms with van der Waals surface area (Å²) in [5, 5.41) is 0. The van der Waals surface area contributed by atoms with Crippen LogP contribution in [0.25, 0.3) is 0 Å². The van der Waals surface area contributed by atoms with Gasteiger partial charge in [0, 0.05) is 5.69 Å². The Morgan fingerprint density at radius 1 is 1.73 bits per heavy atom. The van der Waals surface area contributed by atoms with Crippen molar-refractivity contribution >= 4 is 11.8 Å². The van der Waals surface area contributed by atoms with Crippen LogP contribution in [0.2, 0.25) is 0 Å². The first-order chi connectivity index (χ1) is 5.38. The highest BCUT2D eigenvalue weighted by molar-refractivity contribution is 8.00. The topological polar surface area (TPSA) is 28.7 Å². The van der Waals surface area contributed by atoms with Gasteiger partial charge in [0.2, 0.25) is 0 Å². The highest BCUT2D eigenvalue weighted by Gasteiger charge is 2.02. The van der Waals surface area contributed by atoms with E-state index in [9.17, 15) is 0 Å². The Balaban J connectivity index is 2.62. The van der Waals surface area contributed by atoms with E-state index in [0.717, 1.165) is 18.5 Å². The standard InChI is InChI=1S/C8H13N2S/c1-3-4-7-8(5-11-2)10-6-9-7/h5-6H,3-4H2,1-2H3,(H,9,10). The fraction of sp³-hybridized carbons (Fsp3) is 0.500. The van der Waals surface area contributed by atoms with Gasteiger partial charge in [-0.05, 0) is 12.7 Å². The second-order valence-corrected chi connectivity index (χ2v) is 3.08. The van der Waals surface area contributed by atoms with Crippen molar-refractivity contribution in [3.05, 3.63) is 23.5 Å². The van der Waals surface area contributed by atoms with Crippen molar-refractivity contribution in [2.75, 3.05) is 6.26 Å². The Labute approximate surface area is 71.8 Å². The molecular formula is C8H13N2S. The first-order valence-electron chi connectivity index (χ1n) is 3.76. The summed E-state index contributed by atoms with van der Waals surface area (Å²) < 4.78 is 0. The van der Waals surface area contributed by atoms with Crippen molar-refractivity contribution < 1.29 is 0 Å². The lowest BCUT2D eigenvalue weighted by Crippen LogP contribution is -1.88. The third-order valence-electron chi connectivity index (χ3n) is 1.48. The molecule has 0 bridgehead atoms. The van der Waals surface area contributed by atoms with Crippen molar-refractivity contribution in [3.8, 4) is 0 Å². The molecule has 0 aromatic carbocycles. The number of thioether (sulfide) groups is 1. The smallest absolute Gasteiger partial charge is 0.0925 e. The van der Waals surface area contributed by atoms with Crippen LogP contribution in [0.4, 0.5) is 0 Å². The van der Waals surface area contributed by atoms with Gasteiger partial charge in [-0.1, -0.05) is 13.3 Å². The number of aromatic nitrogens is 2. The van der Waals surface area contributed by atoms with Gasteiger partial charge in [-0.3, -0.25) is 0 Å². The molecule has 0 spiro atoms. The SMILES string of the molecule is CCCc1[nH]cnc1[CH]SC. The van der Waals surface area contributed by atoms with E-state index in [1.54, 1.807) is 18.1 Å². The molecule has 1 rings (SSSR count). The molecule has 1 radical (unpaired) electrons. The lowest BCUT2D eigenvalue weighted by molar-refractivity contribution is 0.887. The van der Waals surface area contributed by atoms with Gasteiger partial charge in [-0.15, -0.1) is 0 Å². The van der Waals surface area contributed by atoms with Gasteiger partial charge in [-0.25, -0.2) is 4.98 Å². The van der Waals surface area contributed by atoms with E-state index < -0.39 is 0 Å². The highest BCUT2D eigenvalue weighted by atomic mass is 32.2. The Bertz CT molecular complexity index is 187. The second-order valence-electron chi connectivity index (χ2n) is 2.37. The molecule has 11 heavy (non-hydrogen) atoms. The summed E-state index contributed by atoms with van der Waals surface area (Å²) in [5.74, 6) is 2.07. The molecule has 0 unspecified atom stereocenters. The molecule has 0 saturated heterocycles. The number of nitrogens with zero attached hydrogens (tertiary/aromatic N) is 1. The Hall–Kier alpha value is -0.440. The van der Waals surface area contributed by atoms with E-state index in [2.05, 4.69) is 22.6 Å². The zero-order valence-electron chi connectivity index (χ0n) is 6.92. The monoisotopic (exact) mass is 169 g/mol. The quantitative estimate of drug-likeness (QED) is 0.748. The number of aromatic amines is 1. The fourth-order valence-corrected chi connectivity index (χ4v) is 1.42. The predicted octanol–water partition coefficient (Wildman–Crippen LogP) is 2.24. The molecule has 0 aliphatic rings. The molecule has 0 amide bonds. The summed E-state index contributed by atoms with van der Waals surface area (Å²) in [6, 6.07) is 0. The van der Waals surface area contributed by atoms with Gasteiger partial charge in [0.05, 0.1) is 17.8 Å². The molecular weight excluding hydrogens is 156 g/mol. The molecule has 0 fully saturated rings. The summed E-state index contributed by atoms with van der Waals surface area (Å²) in [6.45, 7) is 2.17. The minimum Gasteiger partial charge on any atom is -0.348 e. The zero-order valence-corrected chi connectivity index (χ0v) is 7.74. The molecule has 1 aromatic heterocycles. The van der Waals surface area contributed by atoms with E-state index in [1.807, 2.05) is 6.26 Å². The number of aryl methyl sites for hydroxylation is 1. The Morgan fingerprint density at radius 3 is 3.18 bits per heavy atom. The van der Waals surface area contributed by atoms with E-state index >= 15 is 0 Å². The third kappa shape index (κ3) is 2.26. The second kappa shape index (κ2) is 4.44. The number of H-pyrrole nitrogens is 1. The Morgan fingerprint density at radius 2 is 2.55 bits per heavy atom. The lowest BCUT2D eigenvalue weighted by Gasteiger charge is -1.96. The van der Waals surface area contributed by atoms with Crippen LogP contribution in [-0.4, -0.2) is 16.2 Å². The van der Waals surface area contributed by atoms with Gasteiger partial charge in [0.15, 0.2) is 0 Å². The number of imidazole rings is 1. The maximum Gasteiger partial charge on any atom is 0.0925 e. The normalized spacial score (nSPS) is 10.4. The van der Waals surface area contributed by atoms with Crippen LogP contribution in [-0.2, 0) is 6.42 Å². The van der Waals surface area contributed by atoms with Crippen molar-refractivity contribution in [3.63, 3.8) is 0 Å². The van der Waals surface area contributed by atoms with Crippen LogP contribution in [0.15, 0.2) is 6.33 Å². The fourth-order valence-electron chi connectivity index (χ4n) is 0.995. The van der Waals surface area contributed by atoms with Crippen LogP contribution in [0.5, 0.6) is 0 Å². The molecule has 1 aromatic rings. The average molecular weight is 169 g/mol. The average Bonchev–Trinajstić information content (AvgIpc) is 2.39. The van der Waals surface area contributed by atoms with E-state index in [4.69, 9.17) is 0 Å². The number of rotatable bonds is 4. The van der Waals surface area contributed by atoms with E-state index in [0.29, 0.717) is 0 Å². The molecule has 3 heteroatoms. The van der Waals surface area contributed by atoms with Crippen molar-refractivity contribution in [2.45, 2.75) is 19.8 Å². The van der Waals surface area contributed by atoms with Crippen molar-refractivity contribution in [1.82, 2.24) is 9.97 Å². The van der Waals surface area contributed by atoms with Crippen LogP contribution in [0, 0.1) is 5.75 Å². The molecule has 1 N–H and O–H groups in total. The molecule has 0 atom stereocenters. The summed E-state index contributed by atoms with van der Waals surface area (Å²) in [7, 11) is 0. The third-order valence-corrected chi connectivity index (χ3v) is 1.94. The number of hydrogen-bond donors (Lipinski definition) is 1. The first-order valence-corrected chi connectivity index (χ1v) is 5.05. The van der Waals surface area contributed by atoms with Gasteiger partial charge in [-0.2, -0.15) is 11.8 Å². The number of nitrogens with one attached hydrogen (secondary N) is 1. The summed E-state index contributed by atoms with van der Waals surface area (Å²) in [4.78, 5) is 7.33. The molecule has 1 heterocycles. The Kier molecular flexibility index (Phi) is 3.49. The van der Waals surface area contributed by atoms with E-state index in [-0.39, 0.29) is 0 Å². The van der Waals surface area contributed by atoms with Gasteiger partial charge in [0.1, 0.15) is 0 Å². The summed E-state index contributed by atoms with van der Waals surface area (Å²) >= 11 is 1.69. The highest BCUT2D eigenvalue weighted by Crippen LogP contribution is 2.13. The predicted molar refractivity (Wildman–Crippen MR) is 49.5 cm³/mol. The first kappa shape index (κ1) is 8.65. The molecule has 2 nitrogen and oxygen atoms in total. The molecule has 0 saturated carbocycles.